The van der Waals surface area contributed by atoms with E-state index < -0.39 is 11.9 Å². The minimum atomic E-state index is -0.815. The van der Waals surface area contributed by atoms with Gasteiger partial charge >= 0.3 is 12.0 Å². The molecule has 0 aromatic heterocycles. The molecule has 0 radical (unpaired) electrons. The highest BCUT2D eigenvalue weighted by Crippen LogP contribution is 2.24. The van der Waals surface area contributed by atoms with Crippen LogP contribution in [0.15, 0.2) is 11.6 Å². The monoisotopic (exact) mass is 254 g/mol. The van der Waals surface area contributed by atoms with Gasteiger partial charge < -0.3 is 15.7 Å². The number of carbonyl (C=O) groups excluding carboxylic acids is 1. The smallest absolute Gasteiger partial charge is 0.315 e. The lowest BCUT2D eigenvalue weighted by molar-refractivity contribution is -0.143. The molecule has 0 heterocycles. The second-order valence-corrected chi connectivity index (χ2v) is 4.97. The van der Waals surface area contributed by atoms with Crippen LogP contribution in [0, 0.1) is 5.92 Å². The first-order chi connectivity index (χ1) is 8.50. The topological polar surface area (TPSA) is 78.4 Å². The van der Waals surface area contributed by atoms with Crippen molar-refractivity contribution in [2.45, 2.75) is 45.6 Å². The fourth-order valence-electron chi connectivity index (χ4n) is 2.17. The van der Waals surface area contributed by atoms with E-state index in [2.05, 4.69) is 10.6 Å². The summed E-state index contributed by atoms with van der Waals surface area (Å²) in [5.41, 5.74) is 1.14. The summed E-state index contributed by atoms with van der Waals surface area (Å²) in [6, 6.07) is -0.534. The Labute approximate surface area is 108 Å². The quantitative estimate of drug-likeness (QED) is 0.670. The van der Waals surface area contributed by atoms with Crippen LogP contribution in [0.2, 0.25) is 0 Å². The minimum absolute atomic E-state index is 0.247. The summed E-state index contributed by atoms with van der Waals surface area (Å²) in [5.74, 6) is -1.27. The number of hydrogen-bond donors (Lipinski definition) is 3. The standard InChI is InChI=1S/C13H22N2O3/c1-9(2)7-8-14-13(18)15-11-6-4-3-5-10(11)12(16)17/h7,10-11H,3-6,8H2,1-2H3,(H,16,17)(H2,14,15,18). The van der Waals surface area contributed by atoms with Crippen LogP contribution in [0.4, 0.5) is 4.79 Å². The fourth-order valence-corrected chi connectivity index (χ4v) is 2.17. The van der Waals surface area contributed by atoms with E-state index in [1.807, 2.05) is 19.9 Å². The van der Waals surface area contributed by atoms with E-state index in [-0.39, 0.29) is 12.1 Å². The van der Waals surface area contributed by atoms with Crippen molar-refractivity contribution in [2.24, 2.45) is 5.92 Å². The molecule has 5 nitrogen and oxygen atoms in total. The van der Waals surface area contributed by atoms with Gasteiger partial charge in [0.1, 0.15) is 0 Å². The molecule has 1 aliphatic rings. The van der Waals surface area contributed by atoms with Crippen LogP contribution in [0.3, 0.4) is 0 Å². The second-order valence-electron chi connectivity index (χ2n) is 4.97. The highest BCUT2D eigenvalue weighted by atomic mass is 16.4. The van der Waals surface area contributed by atoms with E-state index in [1.165, 1.54) is 0 Å². The number of allylic oxidation sites excluding steroid dienone is 1. The average molecular weight is 254 g/mol. The molecule has 18 heavy (non-hydrogen) atoms. The van der Waals surface area contributed by atoms with E-state index in [0.717, 1.165) is 24.8 Å². The largest absolute Gasteiger partial charge is 0.481 e. The van der Waals surface area contributed by atoms with E-state index in [0.29, 0.717) is 13.0 Å². The lowest BCUT2D eigenvalue weighted by Crippen LogP contribution is -2.48. The number of nitrogens with one attached hydrogen (secondary N) is 2. The number of rotatable bonds is 4. The summed E-state index contributed by atoms with van der Waals surface area (Å²) >= 11 is 0. The summed E-state index contributed by atoms with van der Waals surface area (Å²) in [5, 5.41) is 14.6. The maximum Gasteiger partial charge on any atom is 0.315 e. The van der Waals surface area contributed by atoms with Crippen LogP contribution in [0.1, 0.15) is 39.5 Å². The Bertz CT molecular complexity index is 335. The van der Waals surface area contributed by atoms with Crippen molar-refractivity contribution in [3.8, 4) is 0 Å². The predicted octanol–water partition coefficient (Wildman–Crippen LogP) is 1.90. The molecule has 1 fully saturated rings. The Hall–Kier alpha value is -1.52. The molecule has 2 atom stereocenters. The van der Waals surface area contributed by atoms with Crippen molar-refractivity contribution in [3.05, 3.63) is 11.6 Å². The van der Waals surface area contributed by atoms with Crippen LogP contribution < -0.4 is 10.6 Å². The highest BCUT2D eigenvalue weighted by molar-refractivity contribution is 5.76. The maximum absolute atomic E-state index is 11.6. The summed E-state index contributed by atoms with van der Waals surface area (Å²) < 4.78 is 0. The first kappa shape index (κ1) is 14.5. The third-order valence-corrected chi connectivity index (χ3v) is 3.17. The molecule has 0 bridgehead atoms. The molecule has 2 amide bonds. The van der Waals surface area contributed by atoms with Gasteiger partial charge in [-0.15, -0.1) is 0 Å². The second kappa shape index (κ2) is 7.03. The number of urea groups is 1. The fraction of sp³-hybridized carbons (Fsp3) is 0.692. The molecule has 1 saturated carbocycles. The SMILES string of the molecule is CC(C)=CCNC(=O)NC1CCCCC1C(=O)O. The summed E-state index contributed by atoms with van der Waals surface area (Å²) in [7, 11) is 0. The van der Waals surface area contributed by atoms with Gasteiger partial charge in [-0.05, 0) is 26.7 Å². The molecule has 0 saturated heterocycles. The zero-order valence-electron chi connectivity index (χ0n) is 11.0. The third-order valence-electron chi connectivity index (χ3n) is 3.17. The van der Waals surface area contributed by atoms with Crippen molar-refractivity contribution in [1.29, 1.82) is 0 Å². The molecule has 5 heteroatoms. The molecule has 0 spiro atoms. The number of carbonyl (C=O) groups is 2. The van der Waals surface area contributed by atoms with Crippen LogP contribution in [0.5, 0.6) is 0 Å². The first-order valence-corrected chi connectivity index (χ1v) is 6.41. The predicted molar refractivity (Wildman–Crippen MR) is 69.3 cm³/mol. The molecule has 0 aliphatic heterocycles. The number of carboxylic acids is 1. The molecule has 1 rings (SSSR count). The minimum Gasteiger partial charge on any atom is -0.481 e. The van der Waals surface area contributed by atoms with Gasteiger partial charge in [0.25, 0.3) is 0 Å². The normalized spacial score (nSPS) is 23.0. The van der Waals surface area contributed by atoms with Crippen molar-refractivity contribution < 1.29 is 14.7 Å². The Kier molecular flexibility index (Phi) is 5.68. The van der Waals surface area contributed by atoms with Crippen LogP contribution in [-0.2, 0) is 4.79 Å². The Morgan fingerprint density at radius 3 is 2.56 bits per heavy atom. The first-order valence-electron chi connectivity index (χ1n) is 6.41. The molecule has 3 N–H and O–H groups in total. The highest BCUT2D eigenvalue weighted by Gasteiger charge is 2.31. The summed E-state index contributed by atoms with van der Waals surface area (Å²) in [6.07, 6.45) is 5.20. The van der Waals surface area contributed by atoms with Crippen LogP contribution in [0.25, 0.3) is 0 Å². The van der Waals surface area contributed by atoms with Crippen LogP contribution >= 0.6 is 0 Å². The maximum atomic E-state index is 11.6. The molecular weight excluding hydrogens is 232 g/mol. The van der Waals surface area contributed by atoms with Gasteiger partial charge in [-0.1, -0.05) is 24.5 Å². The lowest BCUT2D eigenvalue weighted by atomic mass is 9.84. The van der Waals surface area contributed by atoms with Crippen molar-refractivity contribution in [2.75, 3.05) is 6.54 Å². The average Bonchev–Trinajstić information content (AvgIpc) is 2.28. The summed E-state index contributed by atoms with van der Waals surface area (Å²) in [4.78, 5) is 22.7. The molecule has 102 valence electrons. The van der Waals surface area contributed by atoms with Gasteiger partial charge in [0.15, 0.2) is 0 Å². The number of aliphatic carboxylic acids is 1. The summed E-state index contributed by atoms with van der Waals surface area (Å²) in [6.45, 7) is 4.39. The van der Waals surface area contributed by atoms with E-state index >= 15 is 0 Å². The zero-order chi connectivity index (χ0) is 13.5. The van der Waals surface area contributed by atoms with Crippen molar-refractivity contribution >= 4 is 12.0 Å². The van der Waals surface area contributed by atoms with Gasteiger partial charge in [0, 0.05) is 12.6 Å². The lowest BCUT2D eigenvalue weighted by Gasteiger charge is -2.29. The molecule has 1 aliphatic carbocycles. The van der Waals surface area contributed by atoms with Gasteiger partial charge in [-0.25, -0.2) is 4.79 Å². The van der Waals surface area contributed by atoms with Gasteiger partial charge in [-0.2, -0.15) is 0 Å². The van der Waals surface area contributed by atoms with E-state index in [4.69, 9.17) is 5.11 Å². The molecule has 0 aromatic carbocycles. The van der Waals surface area contributed by atoms with Crippen LogP contribution in [-0.4, -0.2) is 29.7 Å². The van der Waals surface area contributed by atoms with Crippen molar-refractivity contribution in [1.82, 2.24) is 10.6 Å². The molecular formula is C13H22N2O3. The number of amides is 2. The zero-order valence-corrected chi connectivity index (χ0v) is 11.0. The van der Waals surface area contributed by atoms with Gasteiger partial charge in [0.2, 0.25) is 0 Å². The Balaban J connectivity index is 2.41. The number of carboxylic acid groups (broad SMARTS) is 1. The third kappa shape index (κ3) is 4.77. The van der Waals surface area contributed by atoms with Crippen molar-refractivity contribution in [3.63, 3.8) is 0 Å². The molecule has 2 unspecified atom stereocenters. The van der Waals surface area contributed by atoms with E-state index in [1.54, 1.807) is 0 Å². The Morgan fingerprint density at radius 2 is 1.94 bits per heavy atom. The van der Waals surface area contributed by atoms with E-state index in [9.17, 15) is 9.59 Å². The Morgan fingerprint density at radius 1 is 1.28 bits per heavy atom. The van der Waals surface area contributed by atoms with Gasteiger partial charge in [0.05, 0.1) is 5.92 Å². The number of hydrogen-bond acceptors (Lipinski definition) is 2. The molecule has 0 aromatic rings. The van der Waals surface area contributed by atoms with Gasteiger partial charge in [-0.3, -0.25) is 4.79 Å².